The fourth-order valence-corrected chi connectivity index (χ4v) is 2.11. The first-order valence-corrected chi connectivity index (χ1v) is 6.94. The van der Waals surface area contributed by atoms with E-state index < -0.39 is 0 Å². The number of aliphatic hydroxyl groups is 1. The first-order chi connectivity index (χ1) is 8.72. The van der Waals surface area contributed by atoms with Gasteiger partial charge in [0.1, 0.15) is 13.2 Å². The third kappa shape index (κ3) is 4.48. The number of rotatable bonds is 8. The molecule has 0 radical (unpaired) electrons. The van der Waals surface area contributed by atoms with Crippen LogP contribution in [0.3, 0.4) is 0 Å². The van der Waals surface area contributed by atoms with Crippen molar-refractivity contribution < 1.29 is 19.9 Å². The Labute approximate surface area is 116 Å². The predicted octanol–water partition coefficient (Wildman–Crippen LogP) is 1.30. The maximum atomic E-state index is 8.78. The van der Waals surface area contributed by atoms with Gasteiger partial charge in [-0.15, -0.1) is 0 Å². The number of nitrogens with two attached hydrogens (primary N) is 1. The molecule has 0 bridgehead atoms. The highest BCUT2D eigenvalue weighted by Gasteiger charge is 2.11. The van der Waals surface area contributed by atoms with E-state index >= 15 is 0 Å². The Kier molecular flexibility index (Phi) is 7.08. The molecule has 3 N–H and O–H groups in total. The number of aliphatic hydroxyl groups excluding tert-OH is 1. The van der Waals surface area contributed by atoms with Gasteiger partial charge in [0.2, 0.25) is 0 Å². The van der Waals surface area contributed by atoms with Crippen LogP contribution in [0.4, 0.5) is 0 Å². The fraction of sp³-hybridized carbons (Fsp3) is 0.538. The summed E-state index contributed by atoms with van der Waals surface area (Å²) in [5, 5.41) is 11.0. The van der Waals surface area contributed by atoms with Crippen LogP contribution in [0.15, 0.2) is 16.6 Å². The molecule has 0 saturated carbocycles. The van der Waals surface area contributed by atoms with E-state index in [1.165, 1.54) is 5.56 Å². The second-order valence-electron chi connectivity index (χ2n) is 3.95. The minimum absolute atomic E-state index is 0.00714. The van der Waals surface area contributed by atoms with Crippen LogP contribution in [0.25, 0.3) is 0 Å². The zero-order valence-corrected chi connectivity index (χ0v) is 12.5. The smallest absolute Gasteiger partial charge is 0.162 e. The van der Waals surface area contributed by atoms with Crippen LogP contribution in [-0.4, -0.2) is 32.0 Å². The van der Waals surface area contributed by atoms with Gasteiger partial charge in [0.15, 0.2) is 11.5 Å². The van der Waals surface area contributed by atoms with Gasteiger partial charge in [-0.1, -0.05) is 22.9 Å². The van der Waals surface area contributed by atoms with Crippen molar-refractivity contribution in [2.75, 3.05) is 26.9 Å². The van der Waals surface area contributed by atoms with Crippen LogP contribution in [-0.2, 0) is 6.54 Å². The van der Waals surface area contributed by atoms with Crippen molar-refractivity contribution in [3.05, 3.63) is 22.2 Å². The molecule has 18 heavy (non-hydrogen) atoms. The average Bonchev–Trinajstić information content (AvgIpc) is 2.38. The first kappa shape index (κ1) is 15.3. The molecule has 0 amide bonds. The van der Waals surface area contributed by atoms with Crippen molar-refractivity contribution in [1.29, 1.82) is 0 Å². The van der Waals surface area contributed by atoms with Crippen molar-refractivity contribution in [3.8, 4) is 11.5 Å². The highest BCUT2D eigenvalue weighted by molar-refractivity contribution is 9.10. The lowest BCUT2D eigenvalue weighted by Crippen LogP contribution is -2.82. The molecule has 0 fully saturated rings. The molecule has 5 heteroatoms. The molecular weight excluding hydrogens is 298 g/mol. The van der Waals surface area contributed by atoms with Crippen molar-refractivity contribution in [1.82, 2.24) is 0 Å². The zero-order valence-electron chi connectivity index (χ0n) is 10.9. The van der Waals surface area contributed by atoms with Crippen LogP contribution >= 0.6 is 15.9 Å². The molecule has 1 rings (SSSR count). The van der Waals surface area contributed by atoms with Gasteiger partial charge in [-0.05, 0) is 18.6 Å². The molecule has 0 aromatic heterocycles. The molecule has 0 spiro atoms. The SMILES string of the molecule is CCC[NH2+]Cc1cc(OC)c(OCCO)cc1Br. The summed E-state index contributed by atoms with van der Waals surface area (Å²) in [5.74, 6) is 1.35. The third-order valence-electron chi connectivity index (χ3n) is 2.54. The number of hydrogen-bond donors (Lipinski definition) is 2. The van der Waals surface area contributed by atoms with Gasteiger partial charge in [-0.2, -0.15) is 0 Å². The Morgan fingerprint density at radius 3 is 2.72 bits per heavy atom. The van der Waals surface area contributed by atoms with Gasteiger partial charge in [-0.3, -0.25) is 0 Å². The lowest BCUT2D eigenvalue weighted by atomic mass is 10.2. The van der Waals surface area contributed by atoms with Crippen molar-refractivity contribution in [2.45, 2.75) is 19.9 Å². The van der Waals surface area contributed by atoms with Gasteiger partial charge in [0, 0.05) is 10.0 Å². The number of ether oxygens (including phenoxy) is 2. The third-order valence-corrected chi connectivity index (χ3v) is 3.28. The quantitative estimate of drug-likeness (QED) is 0.710. The number of quaternary nitrogens is 1. The zero-order chi connectivity index (χ0) is 13.4. The van der Waals surface area contributed by atoms with Crippen molar-refractivity contribution >= 4 is 15.9 Å². The monoisotopic (exact) mass is 318 g/mol. The predicted molar refractivity (Wildman–Crippen MR) is 74.1 cm³/mol. The van der Waals surface area contributed by atoms with Gasteiger partial charge < -0.3 is 19.9 Å². The summed E-state index contributed by atoms with van der Waals surface area (Å²) in [6.07, 6.45) is 1.16. The molecule has 0 unspecified atom stereocenters. The maximum Gasteiger partial charge on any atom is 0.162 e. The van der Waals surface area contributed by atoms with E-state index in [2.05, 4.69) is 28.2 Å². The lowest BCUT2D eigenvalue weighted by molar-refractivity contribution is -0.670. The second kappa shape index (κ2) is 8.34. The van der Waals surface area contributed by atoms with Crippen molar-refractivity contribution in [3.63, 3.8) is 0 Å². The van der Waals surface area contributed by atoms with Crippen LogP contribution in [0.2, 0.25) is 0 Å². The summed E-state index contributed by atoms with van der Waals surface area (Å²) < 4.78 is 11.7. The number of benzene rings is 1. The molecular formula is C13H21BrNO3+. The Balaban J connectivity index is 2.81. The molecule has 102 valence electrons. The molecule has 4 nitrogen and oxygen atoms in total. The summed E-state index contributed by atoms with van der Waals surface area (Å²) in [7, 11) is 1.62. The Morgan fingerprint density at radius 2 is 2.11 bits per heavy atom. The molecule has 0 saturated heterocycles. The van der Waals surface area contributed by atoms with E-state index in [1.807, 2.05) is 12.1 Å². The molecule has 0 aliphatic heterocycles. The van der Waals surface area contributed by atoms with E-state index in [4.69, 9.17) is 14.6 Å². The minimum Gasteiger partial charge on any atom is -0.493 e. The average molecular weight is 319 g/mol. The van der Waals surface area contributed by atoms with Gasteiger partial charge in [-0.25, -0.2) is 0 Å². The first-order valence-electron chi connectivity index (χ1n) is 6.14. The van der Waals surface area contributed by atoms with E-state index in [1.54, 1.807) is 7.11 Å². The molecule has 0 aliphatic rings. The van der Waals surface area contributed by atoms with Crippen LogP contribution in [0, 0.1) is 0 Å². The maximum absolute atomic E-state index is 8.78. The summed E-state index contributed by atoms with van der Waals surface area (Å²) in [6, 6.07) is 3.87. The van der Waals surface area contributed by atoms with E-state index in [-0.39, 0.29) is 13.2 Å². The molecule has 0 atom stereocenters. The van der Waals surface area contributed by atoms with Crippen LogP contribution < -0.4 is 14.8 Å². The Morgan fingerprint density at radius 1 is 1.33 bits per heavy atom. The van der Waals surface area contributed by atoms with Crippen LogP contribution in [0.1, 0.15) is 18.9 Å². The number of halogens is 1. The normalized spacial score (nSPS) is 10.4. The van der Waals surface area contributed by atoms with Gasteiger partial charge in [0.05, 0.1) is 20.3 Å². The lowest BCUT2D eigenvalue weighted by Gasteiger charge is -2.12. The molecule has 0 aliphatic carbocycles. The van der Waals surface area contributed by atoms with E-state index in [9.17, 15) is 0 Å². The molecule has 1 aromatic rings. The van der Waals surface area contributed by atoms with E-state index in [0.717, 1.165) is 24.0 Å². The minimum atomic E-state index is -0.00714. The second-order valence-corrected chi connectivity index (χ2v) is 4.80. The molecule has 1 aromatic carbocycles. The van der Waals surface area contributed by atoms with Crippen molar-refractivity contribution in [2.24, 2.45) is 0 Å². The summed E-state index contributed by atoms with van der Waals surface area (Å²) >= 11 is 3.54. The summed E-state index contributed by atoms with van der Waals surface area (Å²) in [5.41, 5.74) is 1.18. The Bertz CT molecular complexity index is 371. The highest BCUT2D eigenvalue weighted by atomic mass is 79.9. The molecule has 0 heterocycles. The standard InChI is InChI=1S/C13H20BrNO3/c1-3-4-15-9-10-7-12(17-2)13(8-11(10)14)18-6-5-16/h7-8,15-16H,3-6,9H2,1-2H3/p+1. The number of methoxy groups -OCH3 is 1. The topological polar surface area (TPSA) is 55.3 Å². The van der Waals surface area contributed by atoms with E-state index in [0.29, 0.717) is 11.5 Å². The Hall–Kier alpha value is -0.780. The van der Waals surface area contributed by atoms with Gasteiger partial charge in [0.25, 0.3) is 0 Å². The highest BCUT2D eigenvalue weighted by Crippen LogP contribution is 2.33. The summed E-state index contributed by atoms with van der Waals surface area (Å²) in [6.45, 7) is 4.44. The fourth-order valence-electron chi connectivity index (χ4n) is 1.62. The van der Waals surface area contributed by atoms with Gasteiger partial charge >= 0.3 is 0 Å². The number of hydrogen-bond acceptors (Lipinski definition) is 3. The van der Waals surface area contributed by atoms with Crippen LogP contribution in [0.5, 0.6) is 11.5 Å². The largest absolute Gasteiger partial charge is 0.493 e. The summed E-state index contributed by atoms with van der Waals surface area (Å²) in [4.78, 5) is 0.